The average Bonchev–Trinajstić information content (AvgIpc) is 2.81. The normalized spacial score (nSPS) is 18.5. The third-order valence-corrected chi connectivity index (χ3v) is 7.06. The van der Waals surface area contributed by atoms with E-state index < -0.39 is 22.6 Å². The van der Waals surface area contributed by atoms with Crippen molar-refractivity contribution < 1.29 is 32.2 Å². The molecule has 10 heteroatoms. The predicted octanol–water partition coefficient (Wildman–Crippen LogP) is 2.31. The number of anilines is 1. The number of hydrogen-bond acceptors (Lipinski definition) is 7. The van der Waals surface area contributed by atoms with Gasteiger partial charge in [0.2, 0.25) is 0 Å². The summed E-state index contributed by atoms with van der Waals surface area (Å²) in [6.07, 6.45) is -0.172. The van der Waals surface area contributed by atoms with E-state index >= 15 is 0 Å². The number of benzene rings is 2. The Hall–Kier alpha value is -3.11. The molecule has 2 unspecified atom stereocenters. The Morgan fingerprint density at radius 2 is 1.67 bits per heavy atom. The van der Waals surface area contributed by atoms with Gasteiger partial charge in [-0.3, -0.25) is 9.10 Å². The molecule has 3 rings (SSSR count). The van der Waals surface area contributed by atoms with E-state index in [1.165, 1.54) is 38.4 Å². The zero-order valence-electron chi connectivity index (χ0n) is 19.1. The van der Waals surface area contributed by atoms with Gasteiger partial charge < -0.3 is 19.1 Å². The molecule has 9 nitrogen and oxygen atoms in total. The van der Waals surface area contributed by atoms with E-state index in [0.717, 1.165) is 4.31 Å². The van der Waals surface area contributed by atoms with Crippen LogP contribution in [0.15, 0.2) is 53.4 Å². The Balaban J connectivity index is 1.65. The summed E-state index contributed by atoms with van der Waals surface area (Å²) >= 11 is 0. The van der Waals surface area contributed by atoms with E-state index in [0.29, 0.717) is 24.5 Å². The smallest absolute Gasteiger partial charge is 0.338 e. The number of carbonyl (C=O) groups is 2. The number of para-hydroxylation sites is 2. The number of amides is 1. The van der Waals surface area contributed by atoms with Crippen LogP contribution in [0.2, 0.25) is 0 Å². The summed E-state index contributed by atoms with van der Waals surface area (Å²) in [6.45, 7) is 4.24. The van der Waals surface area contributed by atoms with Crippen LogP contribution >= 0.6 is 0 Å². The Morgan fingerprint density at radius 3 is 2.27 bits per heavy atom. The quantitative estimate of drug-likeness (QED) is 0.565. The van der Waals surface area contributed by atoms with Crippen molar-refractivity contribution >= 4 is 27.6 Å². The Bertz CT molecular complexity index is 1090. The van der Waals surface area contributed by atoms with Crippen molar-refractivity contribution in [1.29, 1.82) is 0 Å². The fraction of sp³-hybridized carbons (Fsp3) is 0.391. The van der Waals surface area contributed by atoms with Crippen LogP contribution in [0.25, 0.3) is 0 Å². The number of esters is 1. The van der Waals surface area contributed by atoms with Crippen molar-refractivity contribution in [2.24, 2.45) is 0 Å². The SMILES string of the molecule is COc1ccccc1N(C)S(=O)(=O)c1ccc(C(=O)OCC(=O)N2CC(C)OC(C)C2)cc1. The maximum atomic E-state index is 13.0. The first-order chi connectivity index (χ1) is 15.6. The predicted molar refractivity (Wildman–Crippen MR) is 122 cm³/mol. The Labute approximate surface area is 193 Å². The largest absolute Gasteiger partial charge is 0.495 e. The van der Waals surface area contributed by atoms with Crippen LogP contribution in [0.1, 0.15) is 24.2 Å². The van der Waals surface area contributed by atoms with Gasteiger partial charge >= 0.3 is 5.97 Å². The van der Waals surface area contributed by atoms with E-state index in [9.17, 15) is 18.0 Å². The maximum Gasteiger partial charge on any atom is 0.338 e. The molecule has 0 N–H and O–H groups in total. The summed E-state index contributed by atoms with van der Waals surface area (Å²) in [7, 11) is -1.00. The average molecular weight is 477 g/mol. The van der Waals surface area contributed by atoms with Crippen LogP contribution in [0.5, 0.6) is 5.75 Å². The minimum absolute atomic E-state index is 0.000163. The van der Waals surface area contributed by atoms with Gasteiger partial charge in [-0.1, -0.05) is 12.1 Å². The number of morpholine rings is 1. The molecule has 0 radical (unpaired) electrons. The van der Waals surface area contributed by atoms with Crippen LogP contribution in [-0.2, 0) is 24.3 Å². The minimum atomic E-state index is -3.89. The first-order valence-corrected chi connectivity index (χ1v) is 11.9. The number of ether oxygens (including phenoxy) is 3. The molecule has 0 bridgehead atoms. The summed E-state index contributed by atoms with van der Waals surface area (Å²) in [5.41, 5.74) is 0.527. The molecule has 1 aliphatic heterocycles. The molecule has 0 aliphatic carbocycles. The first-order valence-electron chi connectivity index (χ1n) is 10.5. The second-order valence-corrected chi connectivity index (χ2v) is 9.77. The molecular formula is C23H28N2O7S. The molecular weight excluding hydrogens is 448 g/mol. The lowest BCUT2D eigenvalue weighted by Crippen LogP contribution is -2.49. The number of hydrogen-bond donors (Lipinski definition) is 0. The Morgan fingerprint density at radius 1 is 1.06 bits per heavy atom. The highest BCUT2D eigenvalue weighted by Crippen LogP contribution is 2.30. The van der Waals surface area contributed by atoms with E-state index in [4.69, 9.17) is 14.2 Å². The first kappa shape index (κ1) is 24.5. The van der Waals surface area contributed by atoms with Crippen LogP contribution in [0.4, 0.5) is 5.69 Å². The van der Waals surface area contributed by atoms with Gasteiger partial charge in [0.15, 0.2) is 6.61 Å². The number of carbonyl (C=O) groups excluding carboxylic acids is 2. The lowest BCUT2D eigenvalue weighted by Gasteiger charge is -2.35. The molecule has 2 atom stereocenters. The molecule has 1 fully saturated rings. The molecule has 0 saturated carbocycles. The van der Waals surface area contributed by atoms with Gasteiger partial charge in [-0.2, -0.15) is 0 Å². The third-order valence-electron chi connectivity index (χ3n) is 5.27. The van der Waals surface area contributed by atoms with Gasteiger partial charge in [0.05, 0.1) is 35.5 Å². The highest BCUT2D eigenvalue weighted by atomic mass is 32.2. The molecule has 33 heavy (non-hydrogen) atoms. The standard InChI is InChI=1S/C23H28N2O7S/c1-16-13-25(14-17(2)32-16)22(26)15-31-23(27)18-9-11-19(12-10-18)33(28,29)24(3)20-7-5-6-8-21(20)30-4/h5-12,16-17H,13-15H2,1-4H3. The summed E-state index contributed by atoms with van der Waals surface area (Å²) in [4.78, 5) is 26.3. The zero-order chi connectivity index (χ0) is 24.2. The molecule has 0 aromatic heterocycles. The number of nitrogens with zero attached hydrogens (tertiary/aromatic N) is 2. The van der Waals surface area contributed by atoms with Gasteiger partial charge in [-0.15, -0.1) is 0 Å². The fourth-order valence-electron chi connectivity index (χ4n) is 3.62. The van der Waals surface area contributed by atoms with Crippen molar-refractivity contribution in [1.82, 2.24) is 4.90 Å². The summed E-state index contributed by atoms with van der Waals surface area (Å²) in [6, 6.07) is 12.1. The maximum absolute atomic E-state index is 13.0. The molecule has 1 saturated heterocycles. The van der Waals surface area contributed by atoms with Crippen LogP contribution in [0.3, 0.4) is 0 Å². The van der Waals surface area contributed by atoms with Crippen molar-refractivity contribution in [3.8, 4) is 5.75 Å². The van der Waals surface area contributed by atoms with Crippen molar-refractivity contribution in [3.63, 3.8) is 0 Å². The third kappa shape index (κ3) is 5.63. The summed E-state index contributed by atoms with van der Waals surface area (Å²) in [5, 5.41) is 0. The highest BCUT2D eigenvalue weighted by Gasteiger charge is 2.27. The van der Waals surface area contributed by atoms with Crippen LogP contribution in [0, 0.1) is 0 Å². The molecule has 1 heterocycles. The molecule has 178 valence electrons. The van der Waals surface area contributed by atoms with Crippen molar-refractivity contribution in [2.45, 2.75) is 31.0 Å². The van der Waals surface area contributed by atoms with Gasteiger partial charge in [-0.25, -0.2) is 13.2 Å². The number of sulfonamides is 1. The van der Waals surface area contributed by atoms with E-state index in [1.54, 1.807) is 29.2 Å². The minimum Gasteiger partial charge on any atom is -0.495 e. The second-order valence-electron chi connectivity index (χ2n) is 7.80. The molecule has 2 aromatic carbocycles. The fourth-order valence-corrected chi connectivity index (χ4v) is 4.83. The van der Waals surface area contributed by atoms with E-state index in [-0.39, 0.29) is 28.6 Å². The van der Waals surface area contributed by atoms with Gasteiger partial charge in [0, 0.05) is 20.1 Å². The molecule has 0 spiro atoms. The lowest BCUT2D eigenvalue weighted by atomic mass is 10.2. The zero-order valence-corrected chi connectivity index (χ0v) is 19.9. The number of methoxy groups -OCH3 is 1. The second kappa shape index (κ2) is 10.2. The van der Waals surface area contributed by atoms with Crippen molar-refractivity contribution in [3.05, 3.63) is 54.1 Å². The van der Waals surface area contributed by atoms with Gasteiger partial charge in [-0.05, 0) is 50.2 Å². The van der Waals surface area contributed by atoms with E-state index in [1.807, 2.05) is 13.8 Å². The summed E-state index contributed by atoms with van der Waals surface area (Å²) in [5.74, 6) is -0.597. The lowest BCUT2D eigenvalue weighted by molar-refractivity contribution is -0.146. The van der Waals surface area contributed by atoms with Crippen LogP contribution < -0.4 is 9.04 Å². The van der Waals surface area contributed by atoms with Gasteiger partial charge in [0.25, 0.3) is 15.9 Å². The summed E-state index contributed by atoms with van der Waals surface area (Å²) < 4.78 is 43.1. The van der Waals surface area contributed by atoms with Crippen LogP contribution in [-0.4, -0.2) is 71.3 Å². The monoisotopic (exact) mass is 476 g/mol. The van der Waals surface area contributed by atoms with Crippen molar-refractivity contribution in [2.75, 3.05) is 38.2 Å². The molecule has 1 aliphatic rings. The number of rotatable bonds is 7. The van der Waals surface area contributed by atoms with E-state index in [2.05, 4.69) is 0 Å². The Kier molecular flexibility index (Phi) is 7.60. The highest BCUT2D eigenvalue weighted by molar-refractivity contribution is 7.92. The molecule has 1 amide bonds. The molecule has 2 aromatic rings. The van der Waals surface area contributed by atoms with Gasteiger partial charge in [0.1, 0.15) is 5.75 Å². The topological polar surface area (TPSA) is 102 Å².